The summed E-state index contributed by atoms with van der Waals surface area (Å²) in [5, 5.41) is 11.1. The fourth-order valence-corrected chi connectivity index (χ4v) is 3.09. The van der Waals surface area contributed by atoms with Gasteiger partial charge in [-0.3, -0.25) is 9.59 Å². The number of nitrogens with zero attached hydrogens (tertiary/aromatic N) is 1. The van der Waals surface area contributed by atoms with Crippen LogP contribution in [0.5, 0.6) is 11.5 Å². The number of fused-ring (bicyclic) bond motifs is 1. The maximum absolute atomic E-state index is 13.1. The van der Waals surface area contributed by atoms with E-state index in [0.29, 0.717) is 28.9 Å². The Morgan fingerprint density at radius 3 is 2.50 bits per heavy atom. The van der Waals surface area contributed by atoms with Crippen LogP contribution in [0.15, 0.2) is 47.3 Å². The molecule has 1 aromatic heterocycles. The Morgan fingerprint density at radius 1 is 1.19 bits per heavy atom. The van der Waals surface area contributed by atoms with E-state index in [1.54, 1.807) is 24.3 Å². The standard InChI is InChI=1S/C20H20N2O4/c1-4-22(13-8-6-5-7-9-13)20(25)16-17(23)15-14(21-19(16)24)11-10-12(2)18(15)26-3/h5-11H,4H2,1-3H3,(H2,21,23,24). The van der Waals surface area contributed by atoms with Crippen LogP contribution in [0.3, 0.4) is 0 Å². The van der Waals surface area contributed by atoms with Crippen molar-refractivity contribution in [1.82, 2.24) is 4.98 Å². The van der Waals surface area contributed by atoms with Crippen LogP contribution in [0.4, 0.5) is 5.69 Å². The van der Waals surface area contributed by atoms with Gasteiger partial charge in [0.1, 0.15) is 17.1 Å². The molecule has 3 rings (SSSR count). The van der Waals surface area contributed by atoms with E-state index in [1.807, 2.05) is 32.0 Å². The summed E-state index contributed by atoms with van der Waals surface area (Å²) in [6.07, 6.45) is 0. The number of carbonyl (C=O) groups is 1. The number of aryl methyl sites for hydroxylation is 1. The van der Waals surface area contributed by atoms with Gasteiger partial charge in [0.05, 0.1) is 18.0 Å². The number of aromatic amines is 1. The molecule has 1 heterocycles. The number of para-hydroxylation sites is 1. The van der Waals surface area contributed by atoms with Crippen LogP contribution >= 0.6 is 0 Å². The molecule has 134 valence electrons. The number of rotatable bonds is 4. The molecule has 2 N–H and O–H groups in total. The molecule has 0 unspecified atom stereocenters. The van der Waals surface area contributed by atoms with E-state index < -0.39 is 11.5 Å². The Balaban J connectivity index is 2.24. The van der Waals surface area contributed by atoms with Crippen LogP contribution < -0.4 is 15.2 Å². The number of nitrogens with one attached hydrogen (secondary N) is 1. The number of amides is 1. The van der Waals surface area contributed by atoms with Gasteiger partial charge in [-0.05, 0) is 37.6 Å². The van der Waals surface area contributed by atoms with Crippen molar-refractivity contribution >= 4 is 22.5 Å². The van der Waals surface area contributed by atoms with Crippen molar-refractivity contribution in [3.8, 4) is 11.5 Å². The summed E-state index contributed by atoms with van der Waals surface area (Å²) in [7, 11) is 1.48. The number of hydrogen-bond donors (Lipinski definition) is 2. The van der Waals surface area contributed by atoms with Gasteiger partial charge in [-0.2, -0.15) is 0 Å². The largest absolute Gasteiger partial charge is 0.506 e. The Labute approximate surface area is 150 Å². The third-order valence-corrected chi connectivity index (χ3v) is 4.35. The molecule has 0 atom stereocenters. The quantitative estimate of drug-likeness (QED) is 0.755. The van der Waals surface area contributed by atoms with Crippen molar-refractivity contribution < 1.29 is 14.6 Å². The number of anilines is 1. The Bertz CT molecular complexity index is 1030. The molecule has 3 aromatic rings. The molecule has 1 amide bonds. The summed E-state index contributed by atoms with van der Waals surface area (Å²) in [5.41, 5.74) is 0.910. The Morgan fingerprint density at radius 2 is 1.88 bits per heavy atom. The number of hydrogen-bond acceptors (Lipinski definition) is 4. The third-order valence-electron chi connectivity index (χ3n) is 4.35. The van der Waals surface area contributed by atoms with E-state index in [-0.39, 0.29) is 11.3 Å². The summed E-state index contributed by atoms with van der Waals surface area (Å²) in [4.78, 5) is 29.7. The van der Waals surface area contributed by atoms with Crippen LogP contribution in [-0.4, -0.2) is 29.7 Å². The highest BCUT2D eigenvalue weighted by Gasteiger charge is 2.26. The van der Waals surface area contributed by atoms with Gasteiger partial charge < -0.3 is 19.7 Å². The fraction of sp³-hybridized carbons (Fsp3) is 0.200. The molecule has 0 saturated carbocycles. The fourth-order valence-electron chi connectivity index (χ4n) is 3.09. The number of benzene rings is 2. The summed E-state index contributed by atoms with van der Waals surface area (Å²) >= 11 is 0. The SMILES string of the molecule is CCN(C(=O)c1c(O)c2c(OC)c(C)ccc2[nH]c1=O)c1ccccc1. The van der Waals surface area contributed by atoms with Crippen LogP contribution in [0, 0.1) is 6.92 Å². The Hall–Kier alpha value is -3.28. The normalized spacial score (nSPS) is 10.7. The van der Waals surface area contributed by atoms with Crippen molar-refractivity contribution in [2.45, 2.75) is 13.8 Å². The second kappa shape index (κ2) is 6.92. The first-order valence-corrected chi connectivity index (χ1v) is 8.29. The molecule has 6 nitrogen and oxygen atoms in total. The Kier molecular flexibility index (Phi) is 4.67. The lowest BCUT2D eigenvalue weighted by atomic mass is 10.1. The van der Waals surface area contributed by atoms with Crippen molar-refractivity contribution in [1.29, 1.82) is 0 Å². The molecule has 0 saturated heterocycles. The summed E-state index contributed by atoms with van der Waals surface area (Å²) < 4.78 is 5.38. The first-order chi connectivity index (χ1) is 12.5. The molecule has 0 fully saturated rings. The number of methoxy groups -OCH3 is 1. The third kappa shape index (κ3) is 2.79. The number of aromatic nitrogens is 1. The van der Waals surface area contributed by atoms with Crippen molar-refractivity contribution in [3.63, 3.8) is 0 Å². The highest BCUT2D eigenvalue weighted by atomic mass is 16.5. The number of pyridine rings is 1. The number of carbonyl (C=O) groups excluding carboxylic acids is 1. The topological polar surface area (TPSA) is 82.6 Å². The molecular weight excluding hydrogens is 332 g/mol. The maximum atomic E-state index is 13.1. The molecular formula is C20H20N2O4. The van der Waals surface area contributed by atoms with Crippen molar-refractivity contribution in [2.75, 3.05) is 18.6 Å². The molecule has 26 heavy (non-hydrogen) atoms. The van der Waals surface area contributed by atoms with Crippen LogP contribution in [-0.2, 0) is 0 Å². The molecule has 0 aliphatic heterocycles. The van der Waals surface area contributed by atoms with E-state index in [9.17, 15) is 14.7 Å². The van der Waals surface area contributed by atoms with E-state index in [1.165, 1.54) is 12.0 Å². The lowest BCUT2D eigenvalue weighted by Crippen LogP contribution is -2.34. The smallest absolute Gasteiger partial charge is 0.267 e. The van der Waals surface area contributed by atoms with Gasteiger partial charge in [-0.25, -0.2) is 0 Å². The van der Waals surface area contributed by atoms with Gasteiger partial charge in [0.2, 0.25) is 0 Å². The van der Waals surface area contributed by atoms with Gasteiger partial charge >= 0.3 is 0 Å². The number of H-pyrrole nitrogens is 1. The predicted molar refractivity (Wildman–Crippen MR) is 101 cm³/mol. The molecule has 0 aliphatic carbocycles. The lowest BCUT2D eigenvalue weighted by Gasteiger charge is -2.21. The number of ether oxygens (including phenoxy) is 1. The zero-order valence-electron chi connectivity index (χ0n) is 14.9. The second-order valence-electron chi connectivity index (χ2n) is 5.90. The highest BCUT2D eigenvalue weighted by Crippen LogP contribution is 2.36. The minimum atomic E-state index is -0.639. The zero-order valence-corrected chi connectivity index (χ0v) is 14.9. The maximum Gasteiger partial charge on any atom is 0.267 e. The van der Waals surface area contributed by atoms with E-state index >= 15 is 0 Å². The summed E-state index contributed by atoms with van der Waals surface area (Å²) in [6, 6.07) is 12.5. The molecule has 2 aromatic carbocycles. The van der Waals surface area contributed by atoms with Crippen LogP contribution in [0.1, 0.15) is 22.8 Å². The average Bonchev–Trinajstić information content (AvgIpc) is 2.63. The second-order valence-corrected chi connectivity index (χ2v) is 5.90. The van der Waals surface area contributed by atoms with Gasteiger partial charge in [-0.15, -0.1) is 0 Å². The molecule has 0 bridgehead atoms. The lowest BCUT2D eigenvalue weighted by molar-refractivity contribution is 0.0984. The highest BCUT2D eigenvalue weighted by molar-refractivity contribution is 6.11. The first kappa shape index (κ1) is 17.5. The molecule has 0 aliphatic rings. The zero-order chi connectivity index (χ0) is 18.8. The van der Waals surface area contributed by atoms with E-state index in [4.69, 9.17) is 4.74 Å². The molecule has 0 spiro atoms. The minimum Gasteiger partial charge on any atom is -0.506 e. The van der Waals surface area contributed by atoms with Crippen molar-refractivity contribution in [3.05, 3.63) is 63.9 Å². The predicted octanol–water partition coefficient (Wildman–Crippen LogP) is 3.22. The van der Waals surface area contributed by atoms with Crippen LogP contribution in [0.2, 0.25) is 0 Å². The molecule has 6 heteroatoms. The first-order valence-electron chi connectivity index (χ1n) is 8.29. The van der Waals surface area contributed by atoms with E-state index in [2.05, 4.69) is 4.98 Å². The minimum absolute atomic E-state index is 0.299. The summed E-state index contributed by atoms with van der Waals surface area (Å²) in [6.45, 7) is 3.99. The average molecular weight is 352 g/mol. The van der Waals surface area contributed by atoms with Gasteiger partial charge in [0.15, 0.2) is 0 Å². The van der Waals surface area contributed by atoms with Crippen LogP contribution in [0.25, 0.3) is 10.9 Å². The monoisotopic (exact) mass is 352 g/mol. The van der Waals surface area contributed by atoms with Gasteiger partial charge in [0, 0.05) is 12.2 Å². The van der Waals surface area contributed by atoms with Crippen molar-refractivity contribution in [2.24, 2.45) is 0 Å². The van der Waals surface area contributed by atoms with Gasteiger partial charge in [-0.1, -0.05) is 24.3 Å². The number of aromatic hydroxyl groups is 1. The van der Waals surface area contributed by atoms with Gasteiger partial charge in [0.25, 0.3) is 11.5 Å². The van der Waals surface area contributed by atoms with E-state index in [0.717, 1.165) is 5.56 Å². The summed E-state index contributed by atoms with van der Waals surface area (Å²) in [5.74, 6) is -0.514. The molecule has 0 radical (unpaired) electrons.